The Balaban J connectivity index is 2.09. The number of methoxy groups -OCH3 is 1. The number of hydrogen-bond acceptors (Lipinski definition) is 2. The molecule has 1 unspecified atom stereocenters. The summed E-state index contributed by atoms with van der Waals surface area (Å²) in [5, 5.41) is 0. The number of allylic oxidation sites excluding steroid dienone is 3. The van der Waals surface area contributed by atoms with E-state index in [1.807, 2.05) is 0 Å². The molecule has 0 saturated heterocycles. The second-order valence-corrected chi connectivity index (χ2v) is 7.21. The molecule has 1 aliphatic heterocycles. The second kappa shape index (κ2) is 8.94. The lowest BCUT2D eigenvalue weighted by molar-refractivity contribution is 0.415. The van der Waals surface area contributed by atoms with Crippen LogP contribution in [0.15, 0.2) is 71.9 Å². The van der Waals surface area contributed by atoms with E-state index in [9.17, 15) is 0 Å². The van der Waals surface area contributed by atoms with Crippen molar-refractivity contribution in [1.82, 2.24) is 0 Å². The standard InChI is InChI=1S/C25H31NO/c1-5-10-23-24(20-12-8-7-9-13-20)18-19(3)26(25(23)11-6-2)21-14-16-22(27-4)17-15-21/h7-9,12-18,25H,5-6,10-11H2,1-4H3. The number of ether oxygens (including phenoxy) is 1. The maximum absolute atomic E-state index is 5.35. The molecular weight excluding hydrogens is 330 g/mol. The van der Waals surface area contributed by atoms with Crippen LogP contribution in [0.3, 0.4) is 0 Å². The zero-order valence-electron chi connectivity index (χ0n) is 17.0. The first kappa shape index (κ1) is 19.3. The van der Waals surface area contributed by atoms with E-state index in [0.717, 1.165) is 25.0 Å². The van der Waals surface area contributed by atoms with E-state index in [4.69, 9.17) is 4.74 Å². The van der Waals surface area contributed by atoms with Crippen molar-refractivity contribution in [3.05, 3.63) is 77.5 Å². The van der Waals surface area contributed by atoms with Gasteiger partial charge in [0.1, 0.15) is 5.75 Å². The summed E-state index contributed by atoms with van der Waals surface area (Å²) < 4.78 is 5.35. The molecule has 0 radical (unpaired) electrons. The molecule has 2 heteroatoms. The van der Waals surface area contributed by atoms with Gasteiger partial charge in [-0.1, -0.05) is 57.0 Å². The first-order valence-corrected chi connectivity index (χ1v) is 10.1. The zero-order valence-corrected chi connectivity index (χ0v) is 17.0. The summed E-state index contributed by atoms with van der Waals surface area (Å²) in [7, 11) is 1.72. The van der Waals surface area contributed by atoms with Crippen LogP contribution < -0.4 is 9.64 Å². The molecule has 0 bridgehead atoms. The fourth-order valence-electron chi connectivity index (χ4n) is 4.11. The first-order valence-electron chi connectivity index (χ1n) is 10.1. The van der Waals surface area contributed by atoms with E-state index in [-0.39, 0.29) is 0 Å². The van der Waals surface area contributed by atoms with Gasteiger partial charge in [-0.15, -0.1) is 0 Å². The Morgan fingerprint density at radius 2 is 1.63 bits per heavy atom. The molecule has 2 nitrogen and oxygen atoms in total. The van der Waals surface area contributed by atoms with Gasteiger partial charge in [-0.2, -0.15) is 0 Å². The number of hydrogen-bond donors (Lipinski definition) is 0. The molecule has 2 aromatic rings. The third-order valence-corrected chi connectivity index (χ3v) is 5.31. The average molecular weight is 362 g/mol. The molecule has 0 aromatic heterocycles. The van der Waals surface area contributed by atoms with E-state index < -0.39 is 0 Å². The minimum Gasteiger partial charge on any atom is -0.497 e. The smallest absolute Gasteiger partial charge is 0.119 e. The monoisotopic (exact) mass is 361 g/mol. The van der Waals surface area contributed by atoms with Crippen LogP contribution in [0.5, 0.6) is 5.75 Å². The van der Waals surface area contributed by atoms with Gasteiger partial charge in [0.2, 0.25) is 0 Å². The van der Waals surface area contributed by atoms with Crippen LogP contribution in [0.2, 0.25) is 0 Å². The lowest BCUT2D eigenvalue weighted by atomic mass is 9.85. The Morgan fingerprint density at radius 3 is 2.22 bits per heavy atom. The lowest BCUT2D eigenvalue weighted by Crippen LogP contribution is -2.38. The normalized spacial score (nSPS) is 17.1. The quantitative estimate of drug-likeness (QED) is 0.535. The van der Waals surface area contributed by atoms with Crippen molar-refractivity contribution < 1.29 is 4.74 Å². The van der Waals surface area contributed by atoms with Crippen LogP contribution in [0, 0.1) is 0 Å². The zero-order chi connectivity index (χ0) is 19.2. The summed E-state index contributed by atoms with van der Waals surface area (Å²) in [6, 6.07) is 19.7. The van der Waals surface area contributed by atoms with Gasteiger partial charge in [0, 0.05) is 11.4 Å². The van der Waals surface area contributed by atoms with Crippen molar-refractivity contribution in [1.29, 1.82) is 0 Å². The van der Waals surface area contributed by atoms with Crippen LogP contribution in [-0.2, 0) is 0 Å². The maximum Gasteiger partial charge on any atom is 0.119 e. The van der Waals surface area contributed by atoms with Crippen molar-refractivity contribution in [2.75, 3.05) is 12.0 Å². The van der Waals surface area contributed by atoms with Gasteiger partial charge in [-0.25, -0.2) is 0 Å². The third-order valence-electron chi connectivity index (χ3n) is 5.31. The van der Waals surface area contributed by atoms with Crippen molar-refractivity contribution in [3.63, 3.8) is 0 Å². The Morgan fingerprint density at radius 1 is 0.926 bits per heavy atom. The molecule has 142 valence electrons. The molecule has 27 heavy (non-hydrogen) atoms. The molecule has 0 N–H and O–H groups in total. The summed E-state index contributed by atoms with van der Waals surface area (Å²) in [6.07, 6.45) is 6.99. The van der Waals surface area contributed by atoms with Gasteiger partial charge in [-0.3, -0.25) is 0 Å². The highest BCUT2D eigenvalue weighted by molar-refractivity contribution is 5.82. The average Bonchev–Trinajstić information content (AvgIpc) is 2.71. The molecule has 3 rings (SSSR count). The molecule has 0 fully saturated rings. The minimum absolute atomic E-state index is 0.406. The van der Waals surface area contributed by atoms with Crippen LogP contribution in [0.4, 0.5) is 5.69 Å². The summed E-state index contributed by atoms with van der Waals surface area (Å²) >= 11 is 0. The molecule has 1 atom stereocenters. The fourth-order valence-corrected chi connectivity index (χ4v) is 4.11. The summed E-state index contributed by atoms with van der Waals surface area (Å²) in [4.78, 5) is 2.51. The van der Waals surface area contributed by atoms with Gasteiger partial charge in [-0.05, 0) is 66.8 Å². The summed E-state index contributed by atoms with van der Waals surface area (Å²) in [5.74, 6) is 0.902. The van der Waals surface area contributed by atoms with Crippen molar-refractivity contribution >= 4 is 11.3 Å². The first-order chi connectivity index (χ1) is 13.2. The fraction of sp³-hybridized carbons (Fsp3) is 0.360. The number of rotatable bonds is 7. The number of nitrogens with zero attached hydrogens (tertiary/aromatic N) is 1. The molecule has 0 aliphatic carbocycles. The molecule has 1 aliphatic rings. The van der Waals surface area contributed by atoms with E-state index in [2.05, 4.69) is 86.3 Å². The van der Waals surface area contributed by atoms with Crippen LogP contribution in [-0.4, -0.2) is 13.2 Å². The highest BCUT2D eigenvalue weighted by atomic mass is 16.5. The Hall–Kier alpha value is -2.48. The number of anilines is 1. The Kier molecular flexibility index (Phi) is 6.39. The number of benzene rings is 2. The van der Waals surface area contributed by atoms with Crippen molar-refractivity contribution in [3.8, 4) is 5.75 Å². The van der Waals surface area contributed by atoms with Gasteiger partial charge in [0.25, 0.3) is 0 Å². The van der Waals surface area contributed by atoms with E-state index in [1.165, 1.54) is 28.9 Å². The Labute approximate surface area is 164 Å². The largest absolute Gasteiger partial charge is 0.497 e. The highest BCUT2D eigenvalue weighted by Crippen LogP contribution is 2.39. The van der Waals surface area contributed by atoms with Crippen LogP contribution in [0.25, 0.3) is 5.57 Å². The van der Waals surface area contributed by atoms with E-state index in [0.29, 0.717) is 6.04 Å². The van der Waals surface area contributed by atoms with Gasteiger partial charge in [0.05, 0.1) is 13.2 Å². The van der Waals surface area contributed by atoms with Crippen LogP contribution >= 0.6 is 0 Å². The topological polar surface area (TPSA) is 12.5 Å². The van der Waals surface area contributed by atoms with E-state index in [1.54, 1.807) is 12.7 Å². The SMILES string of the molecule is CCCC1=C(c2ccccc2)C=C(C)N(c2ccc(OC)cc2)C1CCC. The molecule has 0 spiro atoms. The lowest BCUT2D eigenvalue weighted by Gasteiger charge is -2.40. The van der Waals surface area contributed by atoms with Gasteiger partial charge in [0.15, 0.2) is 0 Å². The predicted octanol–water partition coefficient (Wildman–Crippen LogP) is 6.84. The minimum atomic E-state index is 0.406. The molecule has 1 heterocycles. The third kappa shape index (κ3) is 4.10. The second-order valence-electron chi connectivity index (χ2n) is 7.21. The van der Waals surface area contributed by atoms with Gasteiger partial charge < -0.3 is 9.64 Å². The van der Waals surface area contributed by atoms with Crippen molar-refractivity contribution in [2.24, 2.45) is 0 Å². The van der Waals surface area contributed by atoms with Gasteiger partial charge >= 0.3 is 0 Å². The maximum atomic E-state index is 5.35. The molecular formula is C25H31NO. The van der Waals surface area contributed by atoms with Crippen LogP contribution in [0.1, 0.15) is 52.0 Å². The molecule has 2 aromatic carbocycles. The predicted molar refractivity (Wildman–Crippen MR) is 116 cm³/mol. The van der Waals surface area contributed by atoms with E-state index >= 15 is 0 Å². The summed E-state index contributed by atoms with van der Waals surface area (Å²) in [5.41, 5.74) is 6.85. The molecule has 0 amide bonds. The summed E-state index contributed by atoms with van der Waals surface area (Å²) in [6.45, 7) is 6.80. The van der Waals surface area contributed by atoms with Crippen molar-refractivity contribution in [2.45, 2.75) is 52.5 Å². The molecule has 0 saturated carbocycles. The Bertz CT molecular complexity index is 802. The highest BCUT2D eigenvalue weighted by Gasteiger charge is 2.29.